The van der Waals surface area contributed by atoms with Crippen molar-refractivity contribution in [1.82, 2.24) is 19.9 Å². The van der Waals surface area contributed by atoms with E-state index in [9.17, 15) is 4.79 Å². The molecule has 0 saturated carbocycles. The van der Waals surface area contributed by atoms with Gasteiger partial charge in [-0.3, -0.25) is 4.79 Å². The SMILES string of the molecule is N#CCCc1c[nH]c2ncnc(N[C@@H]3CCCN(C(=O)C=CCO)C3)c12. The van der Waals surface area contributed by atoms with Gasteiger partial charge in [0.1, 0.15) is 17.8 Å². The molecule has 8 nitrogen and oxygen atoms in total. The Kier molecular flexibility index (Phi) is 5.81. The van der Waals surface area contributed by atoms with Gasteiger partial charge in [-0.1, -0.05) is 6.08 Å². The number of piperidine rings is 1. The van der Waals surface area contributed by atoms with Gasteiger partial charge in [-0.2, -0.15) is 5.26 Å². The third-order valence-corrected chi connectivity index (χ3v) is 4.50. The van der Waals surface area contributed by atoms with Crippen LogP contribution in [0.5, 0.6) is 0 Å². The summed E-state index contributed by atoms with van der Waals surface area (Å²) in [4.78, 5) is 25.7. The van der Waals surface area contributed by atoms with Crippen molar-refractivity contribution in [3.63, 3.8) is 0 Å². The summed E-state index contributed by atoms with van der Waals surface area (Å²) in [5.74, 6) is 0.643. The summed E-state index contributed by atoms with van der Waals surface area (Å²) in [5, 5.41) is 22.0. The lowest BCUT2D eigenvalue weighted by Gasteiger charge is -2.33. The van der Waals surface area contributed by atoms with Gasteiger partial charge in [0, 0.05) is 37.8 Å². The van der Waals surface area contributed by atoms with Crippen molar-refractivity contribution in [2.24, 2.45) is 0 Å². The molecule has 1 amide bonds. The maximum atomic E-state index is 12.1. The number of hydrogen-bond donors (Lipinski definition) is 3. The van der Waals surface area contributed by atoms with E-state index in [0.717, 1.165) is 35.3 Å². The third kappa shape index (κ3) is 4.00. The number of fused-ring (bicyclic) bond motifs is 1. The summed E-state index contributed by atoms with van der Waals surface area (Å²) in [7, 11) is 0. The quantitative estimate of drug-likeness (QED) is 0.674. The summed E-state index contributed by atoms with van der Waals surface area (Å²) in [6.45, 7) is 1.15. The van der Waals surface area contributed by atoms with Gasteiger partial charge in [-0.05, 0) is 24.8 Å². The normalized spacial score (nSPS) is 17.5. The van der Waals surface area contributed by atoms with Crippen LogP contribution in [0.4, 0.5) is 5.82 Å². The maximum absolute atomic E-state index is 12.1. The predicted octanol–water partition coefficient (Wildman–Crippen LogP) is 1.37. The van der Waals surface area contributed by atoms with E-state index in [-0.39, 0.29) is 18.6 Å². The van der Waals surface area contributed by atoms with Crippen molar-refractivity contribution in [2.45, 2.75) is 31.7 Å². The Morgan fingerprint density at radius 3 is 3.23 bits per heavy atom. The number of anilines is 1. The van der Waals surface area contributed by atoms with Gasteiger partial charge in [-0.25, -0.2) is 9.97 Å². The Bertz CT molecular complexity index is 838. The van der Waals surface area contributed by atoms with Crippen molar-refractivity contribution >= 4 is 22.8 Å². The van der Waals surface area contributed by atoms with E-state index in [1.165, 1.54) is 18.5 Å². The Balaban J connectivity index is 1.76. The number of aromatic amines is 1. The van der Waals surface area contributed by atoms with Crippen LogP contribution in [0.15, 0.2) is 24.7 Å². The molecule has 1 fully saturated rings. The standard InChI is InChI=1S/C18H22N6O2/c19-7-1-4-13-10-20-17-16(13)18(22-12-21-17)23-14-5-2-8-24(11-14)15(26)6-3-9-25/h3,6,10,12,14,25H,1-2,4-5,8-9,11H2,(H2,20,21,22,23)/t14-/m1/s1. The molecule has 1 aliphatic heterocycles. The van der Waals surface area contributed by atoms with E-state index in [2.05, 4.69) is 26.3 Å². The van der Waals surface area contributed by atoms with E-state index in [1.54, 1.807) is 4.90 Å². The number of H-pyrrole nitrogens is 1. The zero-order valence-electron chi connectivity index (χ0n) is 14.5. The molecule has 1 atom stereocenters. The predicted molar refractivity (Wildman–Crippen MR) is 97.3 cm³/mol. The second-order valence-electron chi connectivity index (χ2n) is 6.27. The molecule has 3 heterocycles. The van der Waals surface area contributed by atoms with Crippen LogP contribution in [0.1, 0.15) is 24.8 Å². The topological polar surface area (TPSA) is 118 Å². The Hall–Kier alpha value is -2.92. The number of carbonyl (C=O) groups is 1. The molecular weight excluding hydrogens is 332 g/mol. The number of nitrogens with zero attached hydrogens (tertiary/aromatic N) is 4. The molecule has 2 aromatic rings. The van der Waals surface area contributed by atoms with Gasteiger partial charge >= 0.3 is 0 Å². The molecule has 1 aliphatic rings. The smallest absolute Gasteiger partial charge is 0.246 e. The number of aliphatic hydroxyl groups is 1. The summed E-state index contributed by atoms with van der Waals surface area (Å²) in [6.07, 6.45) is 9.16. The Morgan fingerprint density at radius 2 is 2.42 bits per heavy atom. The van der Waals surface area contributed by atoms with Crippen molar-refractivity contribution in [3.8, 4) is 6.07 Å². The molecule has 8 heteroatoms. The fraction of sp³-hybridized carbons (Fsp3) is 0.444. The van der Waals surface area contributed by atoms with E-state index >= 15 is 0 Å². The first-order valence-electron chi connectivity index (χ1n) is 8.73. The van der Waals surface area contributed by atoms with Crippen molar-refractivity contribution in [1.29, 1.82) is 5.26 Å². The number of nitrogens with one attached hydrogen (secondary N) is 2. The van der Waals surface area contributed by atoms with Crippen molar-refractivity contribution < 1.29 is 9.90 Å². The molecule has 0 radical (unpaired) electrons. The molecule has 3 N–H and O–H groups in total. The van der Waals surface area contributed by atoms with Gasteiger partial charge < -0.3 is 20.3 Å². The van der Waals surface area contributed by atoms with Gasteiger partial charge in [-0.15, -0.1) is 0 Å². The average molecular weight is 354 g/mol. The number of hydrogen-bond acceptors (Lipinski definition) is 6. The van der Waals surface area contributed by atoms with E-state index in [4.69, 9.17) is 10.4 Å². The summed E-state index contributed by atoms with van der Waals surface area (Å²) in [5.41, 5.74) is 1.75. The lowest BCUT2D eigenvalue weighted by molar-refractivity contribution is -0.127. The van der Waals surface area contributed by atoms with Crippen LogP contribution in [0.25, 0.3) is 11.0 Å². The molecule has 2 aromatic heterocycles. The van der Waals surface area contributed by atoms with Crippen LogP contribution >= 0.6 is 0 Å². The van der Waals surface area contributed by atoms with Crippen LogP contribution in [0.2, 0.25) is 0 Å². The summed E-state index contributed by atoms with van der Waals surface area (Å²) in [6, 6.07) is 2.25. The van der Waals surface area contributed by atoms with Crippen LogP contribution in [-0.4, -0.2) is 56.6 Å². The van der Waals surface area contributed by atoms with Crippen LogP contribution in [-0.2, 0) is 11.2 Å². The lowest BCUT2D eigenvalue weighted by atomic mass is 10.0. The number of aliphatic hydroxyl groups excluding tert-OH is 1. The van der Waals surface area contributed by atoms with E-state index < -0.39 is 0 Å². The second kappa shape index (κ2) is 8.45. The number of amides is 1. The molecule has 136 valence electrons. The highest BCUT2D eigenvalue weighted by molar-refractivity contribution is 5.90. The zero-order chi connectivity index (χ0) is 18.4. The highest BCUT2D eigenvalue weighted by Crippen LogP contribution is 2.26. The summed E-state index contributed by atoms with van der Waals surface area (Å²) >= 11 is 0. The molecule has 26 heavy (non-hydrogen) atoms. The van der Waals surface area contributed by atoms with Crippen molar-refractivity contribution in [2.75, 3.05) is 25.0 Å². The third-order valence-electron chi connectivity index (χ3n) is 4.50. The first kappa shape index (κ1) is 17.9. The monoisotopic (exact) mass is 354 g/mol. The fourth-order valence-electron chi connectivity index (χ4n) is 3.27. The lowest BCUT2D eigenvalue weighted by Crippen LogP contribution is -2.44. The largest absolute Gasteiger partial charge is 0.392 e. The molecule has 0 aliphatic carbocycles. The summed E-state index contributed by atoms with van der Waals surface area (Å²) < 4.78 is 0. The maximum Gasteiger partial charge on any atom is 0.246 e. The van der Waals surface area contributed by atoms with Gasteiger partial charge in [0.15, 0.2) is 0 Å². The van der Waals surface area contributed by atoms with Gasteiger partial charge in [0.05, 0.1) is 18.1 Å². The number of nitriles is 1. The van der Waals surface area contributed by atoms with Crippen molar-refractivity contribution in [3.05, 3.63) is 30.2 Å². The molecule has 0 spiro atoms. The second-order valence-corrected chi connectivity index (χ2v) is 6.27. The molecule has 1 saturated heterocycles. The first-order chi connectivity index (χ1) is 12.7. The molecular formula is C18H22N6O2. The molecule has 0 bridgehead atoms. The highest BCUT2D eigenvalue weighted by atomic mass is 16.2. The van der Waals surface area contributed by atoms with Gasteiger partial charge in [0.25, 0.3) is 0 Å². The van der Waals surface area contributed by atoms with Crippen LogP contribution < -0.4 is 5.32 Å². The van der Waals surface area contributed by atoms with Gasteiger partial charge in [0.2, 0.25) is 5.91 Å². The number of likely N-dealkylation sites (tertiary alicyclic amines) is 1. The number of carbonyl (C=O) groups excluding carboxylic acids is 1. The Morgan fingerprint density at radius 1 is 1.54 bits per heavy atom. The number of rotatable bonds is 6. The van der Waals surface area contributed by atoms with E-state index in [0.29, 0.717) is 25.9 Å². The zero-order valence-corrected chi connectivity index (χ0v) is 14.5. The highest BCUT2D eigenvalue weighted by Gasteiger charge is 2.23. The molecule has 0 unspecified atom stereocenters. The fourth-order valence-corrected chi connectivity index (χ4v) is 3.27. The van der Waals surface area contributed by atoms with E-state index in [1.807, 2.05) is 6.20 Å². The molecule has 0 aromatic carbocycles. The van der Waals surface area contributed by atoms with Crippen LogP contribution in [0.3, 0.4) is 0 Å². The molecule has 3 rings (SSSR count). The minimum Gasteiger partial charge on any atom is -0.392 e. The average Bonchev–Trinajstić information content (AvgIpc) is 3.09. The number of aromatic nitrogens is 3. The number of aryl methyl sites for hydroxylation is 1. The van der Waals surface area contributed by atoms with Crippen LogP contribution in [0, 0.1) is 11.3 Å². The Labute approximate surface area is 151 Å². The first-order valence-corrected chi connectivity index (χ1v) is 8.73. The minimum absolute atomic E-state index is 0.0882. The minimum atomic E-state index is -0.140.